The lowest BCUT2D eigenvalue weighted by Crippen LogP contribution is -2.18. The lowest BCUT2D eigenvalue weighted by Gasteiger charge is -2.16. The molecular formula is C10H14BrN3. The molecule has 3 N–H and O–H groups in total. The summed E-state index contributed by atoms with van der Waals surface area (Å²) in [4.78, 5) is 4.00. The number of rotatable bonds is 3. The van der Waals surface area contributed by atoms with Crippen LogP contribution < -0.4 is 11.1 Å². The van der Waals surface area contributed by atoms with Gasteiger partial charge in [-0.1, -0.05) is 0 Å². The standard InChI is InChI=1S/C10H14BrN3/c1-6(7-2-3-7)14-10-8(11)4-13-5-9(10)12/h4-7H,2-3,12H2,1H3,(H,13,14). The Labute approximate surface area is 92.2 Å². The molecule has 1 aliphatic carbocycles. The number of nitrogens with zero attached hydrogens (tertiary/aromatic N) is 1. The summed E-state index contributed by atoms with van der Waals surface area (Å²) in [6, 6.07) is 0.496. The molecule has 1 fully saturated rings. The molecule has 0 saturated heterocycles. The Bertz CT molecular complexity index is 316. The quantitative estimate of drug-likeness (QED) is 0.874. The molecule has 4 heteroatoms. The molecule has 0 radical (unpaired) electrons. The van der Waals surface area contributed by atoms with E-state index < -0.39 is 0 Å². The van der Waals surface area contributed by atoms with Gasteiger partial charge in [0, 0.05) is 12.2 Å². The first-order valence-electron chi connectivity index (χ1n) is 4.84. The van der Waals surface area contributed by atoms with Crippen LogP contribution in [0.3, 0.4) is 0 Å². The van der Waals surface area contributed by atoms with Crippen LogP contribution in [0, 0.1) is 5.92 Å². The predicted octanol–water partition coefficient (Wildman–Crippen LogP) is 2.64. The number of hydrogen-bond donors (Lipinski definition) is 2. The van der Waals surface area contributed by atoms with E-state index in [1.165, 1.54) is 12.8 Å². The van der Waals surface area contributed by atoms with E-state index in [1.807, 2.05) is 0 Å². The van der Waals surface area contributed by atoms with Crippen molar-refractivity contribution in [1.82, 2.24) is 4.98 Å². The van der Waals surface area contributed by atoms with Crippen molar-refractivity contribution in [2.75, 3.05) is 11.1 Å². The number of pyridine rings is 1. The Kier molecular flexibility index (Phi) is 2.63. The SMILES string of the molecule is CC(Nc1c(N)cncc1Br)C1CC1. The molecule has 1 aromatic rings. The first kappa shape index (κ1) is 9.77. The molecule has 1 aromatic heterocycles. The lowest BCUT2D eigenvalue weighted by atomic mass is 10.2. The molecule has 76 valence electrons. The first-order chi connectivity index (χ1) is 6.68. The molecule has 1 aliphatic rings. The van der Waals surface area contributed by atoms with Gasteiger partial charge in [0.25, 0.3) is 0 Å². The molecule has 0 spiro atoms. The Morgan fingerprint density at radius 2 is 2.29 bits per heavy atom. The molecule has 3 nitrogen and oxygen atoms in total. The number of nitrogens with one attached hydrogen (secondary N) is 1. The van der Waals surface area contributed by atoms with Crippen molar-refractivity contribution < 1.29 is 0 Å². The average molecular weight is 256 g/mol. The van der Waals surface area contributed by atoms with Gasteiger partial charge in [-0.25, -0.2) is 0 Å². The third kappa shape index (κ3) is 2.00. The van der Waals surface area contributed by atoms with Crippen molar-refractivity contribution in [3.63, 3.8) is 0 Å². The van der Waals surface area contributed by atoms with Crippen molar-refractivity contribution in [1.29, 1.82) is 0 Å². The smallest absolute Gasteiger partial charge is 0.0752 e. The minimum atomic E-state index is 0.496. The summed E-state index contributed by atoms with van der Waals surface area (Å²) in [6.07, 6.45) is 6.10. The third-order valence-electron chi connectivity index (χ3n) is 2.63. The van der Waals surface area contributed by atoms with Gasteiger partial charge < -0.3 is 11.1 Å². The van der Waals surface area contributed by atoms with Crippen LogP contribution in [0.2, 0.25) is 0 Å². The molecule has 0 amide bonds. The fraction of sp³-hybridized carbons (Fsp3) is 0.500. The highest BCUT2D eigenvalue weighted by Gasteiger charge is 2.28. The monoisotopic (exact) mass is 255 g/mol. The molecule has 2 rings (SSSR count). The molecule has 1 atom stereocenters. The topological polar surface area (TPSA) is 50.9 Å². The van der Waals surface area contributed by atoms with E-state index in [-0.39, 0.29) is 0 Å². The Balaban J connectivity index is 2.14. The first-order valence-corrected chi connectivity index (χ1v) is 5.63. The van der Waals surface area contributed by atoms with Crippen LogP contribution in [-0.4, -0.2) is 11.0 Å². The summed E-state index contributed by atoms with van der Waals surface area (Å²) < 4.78 is 0.935. The van der Waals surface area contributed by atoms with Gasteiger partial charge in [-0.3, -0.25) is 4.98 Å². The Morgan fingerprint density at radius 1 is 1.57 bits per heavy atom. The van der Waals surface area contributed by atoms with Crippen LogP contribution in [0.25, 0.3) is 0 Å². The zero-order valence-corrected chi connectivity index (χ0v) is 9.71. The minimum Gasteiger partial charge on any atom is -0.396 e. The van der Waals surface area contributed by atoms with Crippen LogP contribution in [0.5, 0.6) is 0 Å². The summed E-state index contributed by atoms with van der Waals surface area (Å²) in [5.74, 6) is 0.814. The van der Waals surface area contributed by atoms with Gasteiger partial charge in [0.1, 0.15) is 0 Å². The summed E-state index contributed by atoms with van der Waals surface area (Å²) in [5, 5.41) is 3.43. The zero-order chi connectivity index (χ0) is 10.1. The normalized spacial score (nSPS) is 17.9. The number of hydrogen-bond acceptors (Lipinski definition) is 3. The van der Waals surface area contributed by atoms with E-state index in [9.17, 15) is 0 Å². The summed E-state index contributed by atoms with van der Waals surface area (Å²) >= 11 is 3.44. The maximum atomic E-state index is 5.84. The van der Waals surface area contributed by atoms with Gasteiger partial charge in [-0.15, -0.1) is 0 Å². The third-order valence-corrected chi connectivity index (χ3v) is 3.23. The van der Waals surface area contributed by atoms with Crippen LogP contribution >= 0.6 is 15.9 Å². The fourth-order valence-corrected chi connectivity index (χ4v) is 2.01. The van der Waals surface area contributed by atoms with Crippen LogP contribution in [-0.2, 0) is 0 Å². The second-order valence-corrected chi connectivity index (χ2v) is 4.71. The highest BCUT2D eigenvalue weighted by molar-refractivity contribution is 9.10. The van der Waals surface area contributed by atoms with E-state index in [4.69, 9.17) is 5.73 Å². The highest BCUT2D eigenvalue weighted by atomic mass is 79.9. The second kappa shape index (κ2) is 3.77. The number of nitrogen functional groups attached to an aromatic ring is 1. The number of aromatic nitrogens is 1. The van der Waals surface area contributed by atoms with E-state index in [2.05, 4.69) is 33.2 Å². The molecule has 0 aromatic carbocycles. The van der Waals surface area contributed by atoms with Gasteiger partial charge in [-0.05, 0) is 41.6 Å². The lowest BCUT2D eigenvalue weighted by molar-refractivity contribution is 0.694. The fourth-order valence-electron chi connectivity index (χ4n) is 1.54. The van der Waals surface area contributed by atoms with Crippen molar-refractivity contribution in [2.45, 2.75) is 25.8 Å². The Morgan fingerprint density at radius 3 is 2.86 bits per heavy atom. The number of anilines is 2. The minimum absolute atomic E-state index is 0.496. The molecule has 1 unspecified atom stereocenters. The molecule has 14 heavy (non-hydrogen) atoms. The molecule has 1 heterocycles. The second-order valence-electron chi connectivity index (χ2n) is 3.86. The summed E-state index contributed by atoms with van der Waals surface area (Å²) in [7, 11) is 0. The van der Waals surface area contributed by atoms with Gasteiger partial charge in [-0.2, -0.15) is 0 Å². The summed E-state index contributed by atoms with van der Waals surface area (Å²) in [5.41, 5.74) is 7.51. The number of halogens is 1. The van der Waals surface area contributed by atoms with E-state index >= 15 is 0 Å². The predicted molar refractivity (Wildman–Crippen MR) is 62.2 cm³/mol. The summed E-state index contributed by atoms with van der Waals surface area (Å²) in [6.45, 7) is 2.20. The van der Waals surface area contributed by atoms with Crippen LogP contribution in [0.1, 0.15) is 19.8 Å². The van der Waals surface area contributed by atoms with Crippen molar-refractivity contribution >= 4 is 27.3 Å². The van der Waals surface area contributed by atoms with E-state index in [0.717, 1.165) is 16.1 Å². The molecular weight excluding hydrogens is 242 g/mol. The van der Waals surface area contributed by atoms with Crippen LogP contribution in [0.4, 0.5) is 11.4 Å². The van der Waals surface area contributed by atoms with Gasteiger partial charge in [0.2, 0.25) is 0 Å². The molecule has 0 bridgehead atoms. The van der Waals surface area contributed by atoms with Crippen LogP contribution in [0.15, 0.2) is 16.9 Å². The highest BCUT2D eigenvalue weighted by Crippen LogP contribution is 2.36. The molecule has 0 aliphatic heterocycles. The maximum absolute atomic E-state index is 5.84. The Hall–Kier alpha value is -0.770. The van der Waals surface area contributed by atoms with Gasteiger partial charge in [0.15, 0.2) is 0 Å². The van der Waals surface area contributed by atoms with Crippen molar-refractivity contribution in [3.8, 4) is 0 Å². The maximum Gasteiger partial charge on any atom is 0.0752 e. The average Bonchev–Trinajstić information content (AvgIpc) is 2.94. The van der Waals surface area contributed by atoms with Crippen molar-refractivity contribution in [2.24, 2.45) is 5.92 Å². The van der Waals surface area contributed by atoms with Gasteiger partial charge in [0.05, 0.1) is 22.0 Å². The van der Waals surface area contributed by atoms with E-state index in [0.29, 0.717) is 11.7 Å². The van der Waals surface area contributed by atoms with Gasteiger partial charge >= 0.3 is 0 Å². The zero-order valence-electron chi connectivity index (χ0n) is 8.13. The van der Waals surface area contributed by atoms with E-state index in [1.54, 1.807) is 12.4 Å². The van der Waals surface area contributed by atoms with Crippen molar-refractivity contribution in [3.05, 3.63) is 16.9 Å². The number of nitrogens with two attached hydrogens (primary N) is 1. The molecule has 1 saturated carbocycles. The largest absolute Gasteiger partial charge is 0.396 e.